The van der Waals surface area contributed by atoms with Crippen molar-refractivity contribution in [2.75, 3.05) is 18.9 Å². The summed E-state index contributed by atoms with van der Waals surface area (Å²) in [6.07, 6.45) is 3.73. The second-order valence-corrected chi connectivity index (χ2v) is 5.57. The second kappa shape index (κ2) is 4.30. The number of nitrogens with one attached hydrogen (secondary N) is 1. The highest BCUT2D eigenvalue weighted by Gasteiger charge is 2.40. The fourth-order valence-electron chi connectivity index (χ4n) is 3.42. The molecule has 3 nitrogen and oxygen atoms in total. The van der Waals surface area contributed by atoms with E-state index in [-0.39, 0.29) is 5.91 Å². The molecule has 1 aromatic rings. The molecule has 1 saturated carbocycles. The molecule has 2 fully saturated rings. The van der Waals surface area contributed by atoms with Crippen molar-refractivity contribution in [2.45, 2.75) is 32.2 Å². The zero-order chi connectivity index (χ0) is 12.7. The highest BCUT2D eigenvalue weighted by molar-refractivity contribution is 5.95. The zero-order valence-electron chi connectivity index (χ0n) is 11.1. The van der Waals surface area contributed by atoms with E-state index in [1.54, 1.807) is 0 Å². The molecule has 3 rings (SSSR count). The van der Waals surface area contributed by atoms with Crippen LogP contribution >= 0.6 is 0 Å². The van der Waals surface area contributed by atoms with E-state index in [9.17, 15) is 4.79 Å². The standard InChI is InChI=1S/C15H20N2O/c1-10-7-12(4-6-14(10)16-2)15(18)17-9-11-3-5-13(17)8-11/h4,6-7,11,13,16H,3,5,8-9H2,1-2H3. The van der Waals surface area contributed by atoms with Crippen LogP contribution in [-0.2, 0) is 0 Å². The number of piperidine rings is 1. The Labute approximate surface area is 108 Å². The SMILES string of the molecule is CNc1ccc(C(=O)N2CC3CCC2C3)cc1C. The van der Waals surface area contributed by atoms with Gasteiger partial charge in [-0.2, -0.15) is 0 Å². The Morgan fingerprint density at radius 1 is 1.39 bits per heavy atom. The van der Waals surface area contributed by atoms with Gasteiger partial charge in [-0.25, -0.2) is 0 Å². The number of likely N-dealkylation sites (tertiary alicyclic amines) is 1. The lowest BCUT2D eigenvalue weighted by Crippen LogP contribution is -2.37. The number of fused-ring (bicyclic) bond motifs is 2. The topological polar surface area (TPSA) is 32.3 Å². The molecule has 3 heteroatoms. The first-order valence-corrected chi connectivity index (χ1v) is 6.78. The average Bonchev–Trinajstić information content (AvgIpc) is 3.00. The molecule has 1 aliphatic carbocycles. The molecule has 18 heavy (non-hydrogen) atoms. The minimum atomic E-state index is 0.216. The number of rotatable bonds is 2. The smallest absolute Gasteiger partial charge is 0.254 e. The van der Waals surface area contributed by atoms with Gasteiger partial charge in [-0.15, -0.1) is 0 Å². The van der Waals surface area contributed by atoms with Gasteiger partial charge in [0, 0.05) is 30.9 Å². The van der Waals surface area contributed by atoms with Crippen LogP contribution in [0.5, 0.6) is 0 Å². The molecule has 2 bridgehead atoms. The molecule has 2 atom stereocenters. The van der Waals surface area contributed by atoms with Crippen LogP contribution in [0.3, 0.4) is 0 Å². The summed E-state index contributed by atoms with van der Waals surface area (Å²) in [6.45, 7) is 3.01. The third-order valence-corrected chi connectivity index (χ3v) is 4.41. The quantitative estimate of drug-likeness (QED) is 0.867. The van der Waals surface area contributed by atoms with Gasteiger partial charge in [0.05, 0.1) is 0 Å². The van der Waals surface area contributed by atoms with Gasteiger partial charge in [0.2, 0.25) is 0 Å². The minimum Gasteiger partial charge on any atom is -0.388 e. The Bertz CT molecular complexity index is 483. The Morgan fingerprint density at radius 3 is 2.78 bits per heavy atom. The molecule has 2 aliphatic rings. The lowest BCUT2D eigenvalue weighted by molar-refractivity contribution is 0.0703. The van der Waals surface area contributed by atoms with Crippen LogP contribution in [0.4, 0.5) is 5.69 Å². The lowest BCUT2D eigenvalue weighted by atomic mass is 10.1. The molecule has 1 aliphatic heterocycles. The normalized spacial score (nSPS) is 25.6. The van der Waals surface area contributed by atoms with E-state index in [2.05, 4.69) is 10.2 Å². The van der Waals surface area contributed by atoms with Gasteiger partial charge in [0.1, 0.15) is 0 Å². The number of anilines is 1. The molecule has 0 aromatic heterocycles. The van der Waals surface area contributed by atoms with E-state index < -0.39 is 0 Å². The van der Waals surface area contributed by atoms with Crippen molar-refractivity contribution in [1.29, 1.82) is 0 Å². The molecular formula is C15H20N2O. The largest absolute Gasteiger partial charge is 0.388 e. The van der Waals surface area contributed by atoms with Gasteiger partial charge >= 0.3 is 0 Å². The van der Waals surface area contributed by atoms with Crippen LogP contribution in [0, 0.1) is 12.8 Å². The molecule has 1 aromatic carbocycles. The maximum absolute atomic E-state index is 12.5. The Kier molecular flexibility index (Phi) is 2.77. The lowest BCUT2D eigenvalue weighted by Gasteiger charge is -2.27. The van der Waals surface area contributed by atoms with Gasteiger partial charge in [0.15, 0.2) is 0 Å². The highest BCUT2D eigenvalue weighted by atomic mass is 16.2. The molecule has 0 spiro atoms. The third-order valence-electron chi connectivity index (χ3n) is 4.41. The van der Waals surface area contributed by atoms with E-state index in [0.29, 0.717) is 6.04 Å². The number of aryl methyl sites for hydroxylation is 1. The predicted octanol–water partition coefficient (Wildman–Crippen LogP) is 2.66. The molecular weight excluding hydrogens is 224 g/mol. The molecule has 1 heterocycles. The van der Waals surface area contributed by atoms with E-state index >= 15 is 0 Å². The van der Waals surface area contributed by atoms with Crippen molar-refractivity contribution in [2.24, 2.45) is 5.92 Å². The van der Waals surface area contributed by atoms with Crippen LogP contribution in [0.2, 0.25) is 0 Å². The second-order valence-electron chi connectivity index (χ2n) is 5.57. The summed E-state index contributed by atoms with van der Waals surface area (Å²) < 4.78 is 0. The van der Waals surface area contributed by atoms with Crippen molar-refractivity contribution in [3.8, 4) is 0 Å². The third kappa shape index (κ3) is 1.78. The van der Waals surface area contributed by atoms with Crippen LogP contribution in [-0.4, -0.2) is 30.4 Å². The first-order chi connectivity index (χ1) is 8.69. The Balaban J connectivity index is 1.82. The summed E-state index contributed by atoms with van der Waals surface area (Å²) in [5.74, 6) is 0.976. The van der Waals surface area contributed by atoms with Gasteiger partial charge in [-0.05, 0) is 55.9 Å². The number of benzene rings is 1. The Morgan fingerprint density at radius 2 is 2.22 bits per heavy atom. The van der Waals surface area contributed by atoms with E-state index in [0.717, 1.165) is 29.3 Å². The van der Waals surface area contributed by atoms with E-state index in [1.165, 1.54) is 19.3 Å². The highest BCUT2D eigenvalue weighted by Crippen LogP contribution is 2.38. The van der Waals surface area contributed by atoms with Crippen molar-refractivity contribution in [3.63, 3.8) is 0 Å². The number of nitrogens with zero attached hydrogens (tertiary/aromatic N) is 1. The summed E-state index contributed by atoms with van der Waals surface area (Å²) in [7, 11) is 1.91. The first kappa shape index (κ1) is 11.6. The van der Waals surface area contributed by atoms with Gasteiger partial charge < -0.3 is 10.2 Å². The summed E-state index contributed by atoms with van der Waals surface area (Å²) in [6, 6.07) is 6.44. The summed E-state index contributed by atoms with van der Waals surface area (Å²) in [5.41, 5.74) is 3.06. The number of carbonyl (C=O) groups is 1. The fourth-order valence-corrected chi connectivity index (χ4v) is 3.42. The minimum absolute atomic E-state index is 0.216. The molecule has 1 N–H and O–H groups in total. The van der Waals surface area contributed by atoms with Crippen LogP contribution < -0.4 is 5.32 Å². The van der Waals surface area contributed by atoms with Crippen LogP contribution in [0.15, 0.2) is 18.2 Å². The van der Waals surface area contributed by atoms with Crippen LogP contribution in [0.25, 0.3) is 0 Å². The van der Waals surface area contributed by atoms with Crippen LogP contribution in [0.1, 0.15) is 35.2 Å². The van der Waals surface area contributed by atoms with E-state index in [1.807, 2.05) is 32.2 Å². The van der Waals surface area contributed by atoms with Gasteiger partial charge in [0.25, 0.3) is 5.91 Å². The summed E-state index contributed by atoms with van der Waals surface area (Å²) in [4.78, 5) is 14.6. The summed E-state index contributed by atoms with van der Waals surface area (Å²) >= 11 is 0. The summed E-state index contributed by atoms with van der Waals surface area (Å²) in [5, 5.41) is 3.13. The Hall–Kier alpha value is -1.51. The molecule has 0 radical (unpaired) electrons. The monoisotopic (exact) mass is 244 g/mol. The van der Waals surface area contributed by atoms with E-state index in [4.69, 9.17) is 0 Å². The van der Waals surface area contributed by atoms with Crippen molar-refractivity contribution in [1.82, 2.24) is 4.90 Å². The number of carbonyl (C=O) groups excluding carboxylic acids is 1. The maximum atomic E-state index is 12.5. The average molecular weight is 244 g/mol. The first-order valence-electron chi connectivity index (χ1n) is 6.78. The van der Waals surface area contributed by atoms with Gasteiger partial charge in [-0.1, -0.05) is 0 Å². The van der Waals surface area contributed by atoms with Crippen molar-refractivity contribution < 1.29 is 4.79 Å². The molecule has 2 unspecified atom stereocenters. The maximum Gasteiger partial charge on any atom is 0.254 e. The van der Waals surface area contributed by atoms with Gasteiger partial charge in [-0.3, -0.25) is 4.79 Å². The molecule has 1 amide bonds. The predicted molar refractivity (Wildman–Crippen MR) is 72.9 cm³/mol. The van der Waals surface area contributed by atoms with Crippen molar-refractivity contribution >= 4 is 11.6 Å². The fraction of sp³-hybridized carbons (Fsp3) is 0.533. The number of hydrogen-bond acceptors (Lipinski definition) is 2. The molecule has 1 saturated heterocycles. The number of amides is 1. The number of hydrogen-bond donors (Lipinski definition) is 1. The molecule has 96 valence electrons. The zero-order valence-corrected chi connectivity index (χ0v) is 11.1. The van der Waals surface area contributed by atoms with Crippen molar-refractivity contribution in [3.05, 3.63) is 29.3 Å².